The smallest absolute Gasteiger partial charge is 0.270 e. The lowest BCUT2D eigenvalue weighted by atomic mass is 9.76. The van der Waals surface area contributed by atoms with Gasteiger partial charge in [-0.15, -0.1) is 11.3 Å². The van der Waals surface area contributed by atoms with Crippen LogP contribution in [0.4, 0.5) is 4.39 Å². The number of rotatable bonds is 16. The summed E-state index contributed by atoms with van der Waals surface area (Å²) in [5.41, 5.74) is 1.84. The minimum absolute atomic E-state index is 0.00873. The molecule has 4 fully saturated rings. The average Bonchev–Trinajstić information content (AvgIpc) is 4.18. The first-order valence-electron chi connectivity index (χ1n) is 24.2. The van der Waals surface area contributed by atoms with Gasteiger partial charge < -0.3 is 38.6 Å². The molecule has 4 aliphatic rings. The predicted octanol–water partition coefficient (Wildman–Crippen LogP) is 6.93. The highest BCUT2D eigenvalue weighted by atomic mass is 32.1. The number of ketones is 1. The van der Waals surface area contributed by atoms with Crippen molar-refractivity contribution in [2.24, 2.45) is 11.8 Å². The van der Waals surface area contributed by atoms with E-state index in [0.29, 0.717) is 61.0 Å². The Bertz CT molecular complexity index is 2550. The van der Waals surface area contributed by atoms with Crippen LogP contribution in [-0.4, -0.2) is 135 Å². The summed E-state index contributed by atoms with van der Waals surface area (Å²) in [5, 5.41) is 9.77. The molecule has 15 nitrogen and oxygen atoms in total. The van der Waals surface area contributed by atoms with E-state index in [4.69, 9.17) is 14.0 Å². The molecule has 3 saturated heterocycles. The number of nitrogens with zero attached hydrogens (tertiary/aromatic N) is 7. The molecule has 0 unspecified atom stereocenters. The van der Waals surface area contributed by atoms with E-state index in [1.807, 2.05) is 47.2 Å². The van der Waals surface area contributed by atoms with Crippen LogP contribution in [0.15, 0.2) is 58.6 Å². The third-order valence-corrected chi connectivity index (χ3v) is 15.5. The van der Waals surface area contributed by atoms with Crippen molar-refractivity contribution in [2.75, 3.05) is 52.9 Å². The third kappa shape index (κ3) is 10.5. The zero-order valence-electron chi connectivity index (χ0n) is 38.9. The van der Waals surface area contributed by atoms with E-state index in [1.165, 1.54) is 12.1 Å². The first-order valence-corrected chi connectivity index (χ1v) is 25.1. The third-order valence-electron chi connectivity index (χ3n) is 14.6. The predicted molar refractivity (Wildman–Crippen MR) is 252 cm³/mol. The summed E-state index contributed by atoms with van der Waals surface area (Å²) in [6.07, 6.45) is 10.6. The molecular weight excluding hydrogens is 876 g/mol. The number of piperazine rings is 1. The molecule has 67 heavy (non-hydrogen) atoms. The summed E-state index contributed by atoms with van der Waals surface area (Å²) in [7, 11) is 1.76. The van der Waals surface area contributed by atoms with Crippen molar-refractivity contribution in [3.63, 3.8) is 0 Å². The highest BCUT2D eigenvalue weighted by Gasteiger charge is 2.39. The Balaban J connectivity index is 0.804. The zero-order chi connectivity index (χ0) is 46.6. The molecule has 1 aliphatic carbocycles. The fourth-order valence-electron chi connectivity index (χ4n) is 10.7. The number of carbonyl (C=O) groups excluding carboxylic acids is 4. The van der Waals surface area contributed by atoms with E-state index in [-0.39, 0.29) is 79.1 Å². The van der Waals surface area contributed by atoms with Gasteiger partial charge in [-0.05, 0) is 112 Å². The number of piperidine rings is 1. The number of fused-ring (bicyclic) bond motifs is 2. The first kappa shape index (κ1) is 46.7. The normalized spacial score (nSPS) is 21.0. The monoisotopic (exact) mass is 938 g/mol. The Morgan fingerprint density at radius 3 is 2.55 bits per heavy atom. The van der Waals surface area contributed by atoms with Gasteiger partial charge in [0.25, 0.3) is 11.8 Å². The minimum Gasteiger partial charge on any atom is -0.489 e. The molecule has 0 bridgehead atoms. The van der Waals surface area contributed by atoms with E-state index in [0.717, 1.165) is 86.8 Å². The number of hydrogen-bond donors (Lipinski definition) is 1. The van der Waals surface area contributed by atoms with E-state index in [9.17, 15) is 23.6 Å². The maximum Gasteiger partial charge on any atom is 0.270 e. The van der Waals surface area contributed by atoms with Crippen LogP contribution in [0.5, 0.6) is 11.6 Å². The number of amides is 3. The Morgan fingerprint density at radius 2 is 1.76 bits per heavy atom. The molecule has 7 heterocycles. The first-order chi connectivity index (χ1) is 32.5. The van der Waals surface area contributed by atoms with Gasteiger partial charge in [0.2, 0.25) is 11.8 Å². The zero-order valence-corrected chi connectivity index (χ0v) is 39.7. The lowest BCUT2D eigenvalue weighted by Gasteiger charge is -2.42. The van der Waals surface area contributed by atoms with Crippen LogP contribution in [0, 0.1) is 17.7 Å². The number of halogens is 1. The molecule has 0 spiro atoms. The van der Waals surface area contributed by atoms with Crippen LogP contribution in [-0.2, 0) is 27.5 Å². The van der Waals surface area contributed by atoms with Gasteiger partial charge in [-0.25, -0.2) is 4.39 Å². The Kier molecular flexibility index (Phi) is 14.5. The van der Waals surface area contributed by atoms with Gasteiger partial charge in [0, 0.05) is 80.8 Å². The highest BCUT2D eigenvalue weighted by molar-refractivity contribution is 7.17. The van der Waals surface area contributed by atoms with Gasteiger partial charge in [-0.2, -0.15) is 0 Å². The second-order valence-electron chi connectivity index (χ2n) is 19.0. The van der Waals surface area contributed by atoms with Gasteiger partial charge in [0.1, 0.15) is 42.3 Å². The second-order valence-corrected chi connectivity index (χ2v) is 19.9. The van der Waals surface area contributed by atoms with Gasteiger partial charge in [0.15, 0.2) is 5.76 Å². The topological polar surface area (TPSA) is 156 Å². The van der Waals surface area contributed by atoms with Gasteiger partial charge in [-0.3, -0.25) is 29.1 Å². The summed E-state index contributed by atoms with van der Waals surface area (Å²) in [6.45, 7) is 7.71. The number of thiophene rings is 1. The molecule has 1 N–H and O–H groups in total. The largest absolute Gasteiger partial charge is 0.489 e. The molecule has 9 rings (SSSR count). The highest BCUT2D eigenvalue weighted by Crippen LogP contribution is 2.35. The summed E-state index contributed by atoms with van der Waals surface area (Å²) in [6, 6.07) is 10.9. The number of likely N-dealkylation sites (tertiary alicyclic amines) is 2. The van der Waals surface area contributed by atoms with Crippen LogP contribution in [0.25, 0.3) is 21.1 Å². The van der Waals surface area contributed by atoms with Crippen molar-refractivity contribution in [1.29, 1.82) is 0 Å². The number of pyridine rings is 1. The molecule has 0 radical (unpaired) electrons. The van der Waals surface area contributed by atoms with E-state index >= 15 is 0 Å². The number of nitrogens with one attached hydrogen (secondary N) is 1. The van der Waals surface area contributed by atoms with E-state index in [1.54, 1.807) is 46.2 Å². The van der Waals surface area contributed by atoms with Gasteiger partial charge in [0.05, 0.1) is 28.8 Å². The van der Waals surface area contributed by atoms with Crippen LogP contribution < -0.4 is 14.8 Å². The maximum atomic E-state index is 14.6. The molecular formula is C50H63FN8O7S. The minimum atomic E-state index is -0.436. The molecule has 3 amide bonds. The van der Waals surface area contributed by atoms with Crippen molar-refractivity contribution >= 4 is 56.0 Å². The van der Waals surface area contributed by atoms with Gasteiger partial charge >= 0.3 is 0 Å². The summed E-state index contributed by atoms with van der Waals surface area (Å²) in [5.74, 6) is 0.890. The number of Topliss-reactive ketones (excluding diaryl/α,β-unsaturated/α-hetero) is 1. The van der Waals surface area contributed by atoms with Crippen molar-refractivity contribution in [1.82, 2.24) is 39.6 Å². The molecule has 3 aliphatic heterocycles. The van der Waals surface area contributed by atoms with Crippen molar-refractivity contribution in [2.45, 2.75) is 115 Å². The molecule has 17 heteroatoms. The lowest BCUT2D eigenvalue weighted by Crippen LogP contribution is -2.57. The van der Waals surface area contributed by atoms with Crippen LogP contribution in [0.2, 0.25) is 0 Å². The summed E-state index contributed by atoms with van der Waals surface area (Å²) < 4.78 is 35.6. The summed E-state index contributed by atoms with van der Waals surface area (Å²) >= 11 is 1.64. The Hall–Kier alpha value is -5.39. The van der Waals surface area contributed by atoms with Gasteiger partial charge in [-0.1, -0.05) is 19.3 Å². The molecule has 5 aromatic rings. The Morgan fingerprint density at radius 1 is 0.940 bits per heavy atom. The number of hydrogen-bond acceptors (Lipinski definition) is 12. The number of aromatic nitrogens is 3. The number of ether oxygens (including phenoxy) is 2. The van der Waals surface area contributed by atoms with Crippen LogP contribution >= 0.6 is 11.3 Å². The standard InChI is InChI=1S/C50H63FN8O7S/c1-32-28-56(49(62)40(27-44(60)33(2)52-3)34-8-5-4-6-9-34)21-22-57(32)50(63)43-25-35-24-36(51)11-12-42(35)59(43)30-47(61)58-18-7-10-37(58)31-64-46-26-39(66-54-46)29-55-19-14-38(15-20-55)65-45-13-17-53-41-16-23-67-48(41)45/h11-13,16-17,23-26,32-34,37-38,40,52H,4-10,14-15,18-22,27-31H2,1-3H3/t32-,33-,37-,40-/m0/s1. The van der Waals surface area contributed by atoms with Crippen molar-refractivity contribution in [3.05, 3.63) is 71.3 Å². The SMILES string of the molecule is CN[C@@H](C)C(=O)C[C@H](C(=O)N1CCN(C(=O)c2cc3cc(F)ccc3n2CC(=O)N2CCC[C@H]2COc2cc(CN3CCC(Oc4ccnc5ccsc45)CC3)on2)[C@@H](C)C1)C1CCCCC1. The fourth-order valence-corrected chi connectivity index (χ4v) is 11.5. The average molecular weight is 939 g/mol. The molecule has 4 aromatic heterocycles. The molecule has 358 valence electrons. The fraction of sp³-hybridized carbons (Fsp3) is 0.560. The summed E-state index contributed by atoms with van der Waals surface area (Å²) in [4.78, 5) is 68.3. The van der Waals surface area contributed by atoms with Crippen molar-refractivity contribution in [3.8, 4) is 11.6 Å². The molecule has 1 saturated carbocycles. The van der Waals surface area contributed by atoms with Crippen LogP contribution in [0.1, 0.15) is 94.3 Å². The quantitative estimate of drug-likeness (QED) is 0.110. The van der Waals surface area contributed by atoms with Crippen LogP contribution in [0.3, 0.4) is 0 Å². The maximum absolute atomic E-state index is 14.6. The number of benzene rings is 1. The lowest BCUT2D eigenvalue weighted by molar-refractivity contribution is -0.143. The second kappa shape index (κ2) is 20.9. The Labute approximate surface area is 394 Å². The van der Waals surface area contributed by atoms with E-state index < -0.39 is 5.82 Å². The molecule has 4 atom stereocenters. The van der Waals surface area contributed by atoms with E-state index in [2.05, 4.69) is 20.4 Å². The number of carbonyl (C=O) groups is 4. The van der Waals surface area contributed by atoms with Crippen molar-refractivity contribution < 1.29 is 37.6 Å². The number of likely N-dealkylation sites (N-methyl/N-ethyl adjacent to an activating group) is 1. The molecule has 1 aromatic carbocycles.